The quantitative estimate of drug-likeness (QED) is 0.423. The Hall–Kier alpha value is -4.25. The van der Waals surface area contributed by atoms with Crippen LogP contribution in [0.4, 0.5) is 11.4 Å². The Morgan fingerprint density at radius 2 is 1.27 bits per heavy atom. The summed E-state index contributed by atoms with van der Waals surface area (Å²) in [6, 6.07) is 33.1. The second kappa shape index (κ2) is 8.36. The molecule has 1 heterocycles. The van der Waals surface area contributed by atoms with Crippen LogP contribution >= 0.6 is 0 Å². The highest BCUT2D eigenvalue weighted by Gasteiger charge is 2.51. The highest BCUT2D eigenvalue weighted by molar-refractivity contribution is 6.13. The number of anilines is 2. The molecule has 0 aromatic heterocycles. The van der Waals surface area contributed by atoms with E-state index in [0.717, 1.165) is 34.0 Å². The zero-order valence-corrected chi connectivity index (χ0v) is 18.5. The normalized spacial score (nSPS) is 16.9. The Kier molecular flexibility index (Phi) is 5.23. The highest BCUT2D eigenvalue weighted by Crippen LogP contribution is 2.47. The van der Waals surface area contributed by atoms with E-state index >= 15 is 0 Å². The molecule has 1 N–H and O–H groups in total. The molecular formula is C28H24N2O3. The van der Waals surface area contributed by atoms with Crippen LogP contribution in [0.1, 0.15) is 21.5 Å². The van der Waals surface area contributed by atoms with E-state index < -0.39 is 5.66 Å². The van der Waals surface area contributed by atoms with Crippen LogP contribution in [0.15, 0.2) is 103 Å². The second-order valence-corrected chi connectivity index (χ2v) is 7.81. The maximum Gasteiger partial charge on any atom is 0.261 e. The first-order valence-electron chi connectivity index (χ1n) is 10.7. The topological polar surface area (TPSA) is 50.8 Å². The number of methoxy groups -OCH3 is 2. The Labute approximate surface area is 193 Å². The molecular weight excluding hydrogens is 412 g/mol. The molecule has 0 fully saturated rings. The summed E-state index contributed by atoms with van der Waals surface area (Å²) >= 11 is 0. The molecule has 5 heteroatoms. The molecule has 0 radical (unpaired) electrons. The third-order valence-corrected chi connectivity index (χ3v) is 6.02. The van der Waals surface area contributed by atoms with Gasteiger partial charge in [0.25, 0.3) is 5.91 Å². The molecule has 1 amide bonds. The predicted octanol–water partition coefficient (Wildman–Crippen LogP) is 5.68. The van der Waals surface area contributed by atoms with Gasteiger partial charge in [-0.05, 0) is 54.6 Å². The standard InChI is InChI=1S/C28H24N2O3/c1-32-23-16-12-21(13-17-23)29-28(20-8-4-3-5-9-20)26-11-7-6-10-25(26)27(31)30(28)22-14-18-24(33-2)19-15-22/h3-19,29H,1-2H3/t28-/m1/s1. The van der Waals surface area contributed by atoms with Crippen LogP contribution in [0.3, 0.4) is 0 Å². The summed E-state index contributed by atoms with van der Waals surface area (Å²) in [6.45, 7) is 0. The van der Waals surface area contributed by atoms with Crippen LogP contribution < -0.4 is 19.7 Å². The molecule has 0 bridgehead atoms. The maximum absolute atomic E-state index is 13.9. The van der Waals surface area contributed by atoms with E-state index in [1.165, 1.54) is 0 Å². The Bertz CT molecular complexity index is 1270. The highest BCUT2D eigenvalue weighted by atomic mass is 16.5. The van der Waals surface area contributed by atoms with Gasteiger partial charge in [-0.15, -0.1) is 0 Å². The minimum Gasteiger partial charge on any atom is -0.497 e. The first kappa shape index (κ1) is 20.6. The van der Waals surface area contributed by atoms with E-state index in [-0.39, 0.29) is 5.91 Å². The first-order valence-corrected chi connectivity index (χ1v) is 10.7. The molecule has 0 spiro atoms. The van der Waals surface area contributed by atoms with E-state index in [4.69, 9.17) is 9.47 Å². The van der Waals surface area contributed by atoms with Gasteiger partial charge in [0.15, 0.2) is 5.66 Å². The molecule has 33 heavy (non-hydrogen) atoms. The number of rotatable bonds is 6. The Balaban J connectivity index is 1.76. The van der Waals surface area contributed by atoms with E-state index in [1.54, 1.807) is 14.2 Å². The molecule has 164 valence electrons. The molecule has 0 saturated carbocycles. The SMILES string of the molecule is COc1ccc(N[C@@]2(c3ccccc3)c3ccccc3C(=O)N2c2ccc(OC)cc2)cc1. The third kappa shape index (κ3) is 3.38. The van der Waals surface area contributed by atoms with Gasteiger partial charge in [0.2, 0.25) is 0 Å². The van der Waals surface area contributed by atoms with Gasteiger partial charge in [-0.1, -0.05) is 48.5 Å². The number of ether oxygens (including phenoxy) is 2. The Morgan fingerprint density at radius 3 is 1.91 bits per heavy atom. The van der Waals surface area contributed by atoms with Crippen molar-refractivity contribution in [1.82, 2.24) is 0 Å². The fraction of sp³-hybridized carbons (Fsp3) is 0.107. The lowest BCUT2D eigenvalue weighted by atomic mass is 9.89. The smallest absolute Gasteiger partial charge is 0.261 e. The molecule has 0 aliphatic carbocycles. The summed E-state index contributed by atoms with van der Waals surface area (Å²) in [5.41, 5.74) is 3.20. The number of hydrogen-bond acceptors (Lipinski definition) is 4. The van der Waals surface area contributed by atoms with Gasteiger partial charge in [0, 0.05) is 28.1 Å². The van der Waals surface area contributed by atoms with Crippen LogP contribution in [-0.4, -0.2) is 20.1 Å². The van der Waals surface area contributed by atoms with E-state index in [9.17, 15) is 4.79 Å². The minimum atomic E-state index is -0.946. The van der Waals surface area contributed by atoms with Crippen molar-refractivity contribution >= 4 is 17.3 Å². The van der Waals surface area contributed by atoms with Gasteiger partial charge in [0.05, 0.1) is 14.2 Å². The number of nitrogens with one attached hydrogen (secondary N) is 1. The van der Waals surface area contributed by atoms with Gasteiger partial charge >= 0.3 is 0 Å². The number of nitrogens with zero attached hydrogens (tertiary/aromatic N) is 1. The molecule has 5 rings (SSSR count). The summed E-state index contributed by atoms with van der Waals surface area (Å²) in [5, 5.41) is 3.70. The van der Waals surface area contributed by atoms with Crippen molar-refractivity contribution in [1.29, 1.82) is 0 Å². The number of benzene rings is 4. The fourth-order valence-corrected chi connectivity index (χ4v) is 4.46. The fourth-order valence-electron chi connectivity index (χ4n) is 4.46. The lowest BCUT2D eigenvalue weighted by molar-refractivity contribution is 0.0985. The van der Waals surface area contributed by atoms with Gasteiger partial charge in [-0.25, -0.2) is 0 Å². The number of carbonyl (C=O) groups is 1. The Morgan fingerprint density at radius 1 is 0.697 bits per heavy atom. The van der Waals surface area contributed by atoms with Crippen molar-refractivity contribution in [2.45, 2.75) is 5.66 Å². The molecule has 1 atom stereocenters. The number of hydrogen-bond donors (Lipinski definition) is 1. The average Bonchev–Trinajstić information content (AvgIpc) is 3.14. The molecule has 4 aromatic carbocycles. The van der Waals surface area contributed by atoms with Crippen molar-refractivity contribution < 1.29 is 14.3 Å². The summed E-state index contributed by atoms with van der Waals surface area (Å²) in [6.07, 6.45) is 0. The summed E-state index contributed by atoms with van der Waals surface area (Å²) in [7, 11) is 3.27. The van der Waals surface area contributed by atoms with Crippen molar-refractivity contribution in [3.05, 3.63) is 120 Å². The molecule has 1 aliphatic rings. The second-order valence-electron chi connectivity index (χ2n) is 7.81. The van der Waals surface area contributed by atoms with Crippen molar-refractivity contribution in [3.63, 3.8) is 0 Å². The van der Waals surface area contributed by atoms with E-state index in [1.807, 2.05) is 108 Å². The monoisotopic (exact) mass is 436 g/mol. The molecule has 1 aliphatic heterocycles. The summed E-state index contributed by atoms with van der Waals surface area (Å²) < 4.78 is 10.7. The summed E-state index contributed by atoms with van der Waals surface area (Å²) in [5.74, 6) is 1.43. The van der Waals surface area contributed by atoms with E-state index in [0.29, 0.717) is 5.56 Å². The van der Waals surface area contributed by atoms with Gasteiger partial charge in [-0.3, -0.25) is 9.69 Å². The largest absolute Gasteiger partial charge is 0.497 e. The first-order chi connectivity index (χ1) is 16.2. The van der Waals surface area contributed by atoms with Crippen LogP contribution in [-0.2, 0) is 5.66 Å². The number of fused-ring (bicyclic) bond motifs is 1. The van der Waals surface area contributed by atoms with Gasteiger partial charge in [-0.2, -0.15) is 0 Å². The van der Waals surface area contributed by atoms with Crippen molar-refractivity contribution in [2.24, 2.45) is 0 Å². The lowest BCUT2D eigenvalue weighted by Crippen LogP contribution is -2.51. The zero-order chi connectivity index (χ0) is 22.8. The van der Waals surface area contributed by atoms with Crippen LogP contribution in [0.2, 0.25) is 0 Å². The van der Waals surface area contributed by atoms with E-state index in [2.05, 4.69) is 5.32 Å². The lowest BCUT2D eigenvalue weighted by Gasteiger charge is -2.41. The minimum absolute atomic E-state index is 0.0689. The third-order valence-electron chi connectivity index (χ3n) is 6.02. The molecule has 0 unspecified atom stereocenters. The van der Waals surface area contributed by atoms with Crippen molar-refractivity contribution in [2.75, 3.05) is 24.4 Å². The predicted molar refractivity (Wildman–Crippen MR) is 130 cm³/mol. The molecule has 0 saturated heterocycles. The van der Waals surface area contributed by atoms with Crippen molar-refractivity contribution in [3.8, 4) is 11.5 Å². The van der Waals surface area contributed by atoms with Crippen LogP contribution in [0, 0.1) is 0 Å². The maximum atomic E-state index is 13.9. The zero-order valence-electron chi connectivity index (χ0n) is 18.5. The molecule has 5 nitrogen and oxygen atoms in total. The average molecular weight is 437 g/mol. The molecule has 4 aromatic rings. The van der Waals surface area contributed by atoms with Crippen LogP contribution in [0.5, 0.6) is 11.5 Å². The van der Waals surface area contributed by atoms with Crippen LogP contribution in [0.25, 0.3) is 0 Å². The summed E-state index contributed by atoms with van der Waals surface area (Å²) in [4.78, 5) is 15.7. The van der Waals surface area contributed by atoms with Gasteiger partial charge in [0.1, 0.15) is 11.5 Å². The number of carbonyl (C=O) groups excluding carboxylic acids is 1. The van der Waals surface area contributed by atoms with Gasteiger partial charge < -0.3 is 14.8 Å². The number of amides is 1.